The minimum absolute atomic E-state index is 0.202. The molecule has 1 aliphatic heterocycles. The second-order valence-corrected chi connectivity index (χ2v) is 4.65. The number of hydrogen-bond donors (Lipinski definition) is 1. The summed E-state index contributed by atoms with van der Waals surface area (Å²) in [6.45, 7) is 3.87. The van der Waals surface area contributed by atoms with Crippen LogP contribution in [0.4, 0.5) is 10.1 Å². The fourth-order valence-electron chi connectivity index (χ4n) is 2.03. The summed E-state index contributed by atoms with van der Waals surface area (Å²) in [6.07, 6.45) is 3.18. The van der Waals surface area contributed by atoms with E-state index in [-0.39, 0.29) is 5.82 Å². The summed E-state index contributed by atoms with van der Waals surface area (Å²) >= 11 is 5.34. The van der Waals surface area contributed by atoms with Crippen molar-refractivity contribution in [3.8, 4) is 0 Å². The van der Waals surface area contributed by atoms with Crippen LogP contribution in [-0.4, -0.2) is 18.2 Å². The molecule has 1 aromatic carbocycles. The second-order valence-electron chi connectivity index (χ2n) is 4.26. The van der Waals surface area contributed by atoms with Gasteiger partial charge in [0.1, 0.15) is 5.82 Å². The molecule has 0 fully saturated rings. The van der Waals surface area contributed by atoms with Crippen LogP contribution in [0.1, 0.15) is 25.3 Å². The van der Waals surface area contributed by atoms with Gasteiger partial charge in [-0.15, -0.1) is 0 Å². The van der Waals surface area contributed by atoms with Gasteiger partial charge in [0, 0.05) is 18.8 Å². The highest BCUT2D eigenvalue weighted by molar-refractivity contribution is 7.80. The first-order chi connectivity index (χ1) is 8.22. The lowest BCUT2D eigenvalue weighted by Crippen LogP contribution is -2.39. The maximum absolute atomic E-state index is 13.2. The minimum atomic E-state index is -0.202. The highest BCUT2D eigenvalue weighted by atomic mass is 32.1. The van der Waals surface area contributed by atoms with Crippen molar-refractivity contribution >= 4 is 23.0 Å². The number of rotatable bonds is 3. The Morgan fingerprint density at radius 1 is 1.53 bits per heavy atom. The Kier molecular flexibility index (Phi) is 3.94. The molecule has 0 saturated carbocycles. The van der Waals surface area contributed by atoms with Crippen molar-refractivity contribution in [2.24, 2.45) is 0 Å². The first-order valence-corrected chi connectivity index (χ1v) is 6.47. The van der Waals surface area contributed by atoms with Crippen molar-refractivity contribution in [2.75, 3.05) is 18.0 Å². The normalized spacial score (nSPS) is 13.6. The maximum Gasteiger partial charge on any atom is 0.173 e. The fraction of sp³-hybridized carbons (Fsp3) is 0.462. The Hall–Kier alpha value is -1.16. The second kappa shape index (κ2) is 5.45. The van der Waals surface area contributed by atoms with Gasteiger partial charge in [-0.05, 0) is 42.8 Å². The Balaban J connectivity index is 2.05. The molecule has 1 heterocycles. The lowest BCUT2D eigenvalue weighted by atomic mass is 10.2. The zero-order valence-corrected chi connectivity index (χ0v) is 10.8. The molecule has 4 heteroatoms. The van der Waals surface area contributed by atoms with Crippen LogP contribution in [0.2, 0.25) is 0 Å². The molecule has 1 aliphatic rings. The van der Waals surface area contributed by atoms with E-state index in [2.05, 4.69) is 12.2 Å². The van der Waals surface area contributed by atoms with Crippen molar-refractivity contribution in [2.45, 2.75) is 26.2 Å². The molecule has 2 rings (SSSR count). The van der Waals surface area contributed by atoms with Gasteiger partial charge in [0.15, 0.2) is 5.11 Å². The van der Waals surface area contributed by atoms with E-state index in [0.717, 1.165) is 38.0 Å². The van der Waals surface area contributed by atoms with Crippen LogP contribution >= 0.6 is 12.2 Å². The average molecular weight is 252 g/mol. The summed E-state index contributed by atoms with van der Waals surface area (Å²) in [4.78, 5) is 1.99. The zero-order chi connectivity index (χ0) is 12.3. The van der Waals surface area contributed by atoms with Crippen molar-refractivity contribution in [3.05, 3.63) is 29.6 Å². The Labute approximate surface area is 107 Å². The molecule has 0 aliphatic carbocycles. The van der Waals surface area contributed by atoms with Gasteiger partial charge in [0.2, 0.25) is 0 Å². The molecule has 0 radical (unpaired) electrons. The number of unbranched alkanes of at least 4 members (excludes halogenated alkanes) is 1. The molecule has 0 saturated heterocycles. The minimum Gasteiger partial charge on any atom is -0.362 e. The molecular formula is C13H17FN2S. The van der Waals surface area contributed by atoms with Crippen LogP contribution in [0.15, 0.2) is 18.2 Å². The smallest absolute Gasteiger partial charge is 0.173 e. The van der Waals surface area contributed by atoms with Crippen molar-refractivity contribution in [1.82, 2.24) is 5.32 Å². The lowest BCUT2D eigenvalue weighted by molar-refractivity contribution is 0.628. The number of hydrogen-bond acceptors (Lipinski definition) is 1. The molecule has 0 unspecified atom stereocenters. The third-order valence-electron chi connectivity index (χ3n) is 2.99. The van der Waals surface area contributed by atoms with Gasteiger partial charge in [-0.25, -0.2) is 4.39 Å². The predicted molar refractivity (Wildman–Crippen MR) is 73.0 cm³/mol. The highest BCUT2D eigenvalue weighted by Gasteiger charge is 2.22. The standard InChI is InChI=1S/C13H17FN2S/c1-2-3-7-15-13(17)16-8-6-10-4-5-11(14)9-12(10)16/h4-5,9H,2-3,6-8H2,1H3,(H,15,17). The molecule has 1 N–H and O–H groups in total. The van der Waals surface area contributed by atoms with Crippen LogP contribution in [0.25, 0.3) is 0 Å². The van der Waals surface area contributed by atoms with Crippen LogP contribution < -0.4 is 10.2 Å². The zero-order valence-electron chi connectivity index (χ0n) is 10.0. The first kappa shape index (κ1) is 12.3. The van der Waals surface area contributed by atoms with E-state index in [0.29, 0.717) is 5.11 Å². The van der Waals surface area contributed by atoms with Crippen LogP contribution in [-0.2, 0) is 6.42 Å². The van der Waals surface area contributed by atoms with E-state index in [9.17, 15) is 4.39 Å². The predicted octanol–water partition coefficient (Wildman–Crippen LogP) is 2.86. The van der Waals surface area contributed by atoms with Gasteiger partial charge in [-0.1, -0.05) is 19.4 Å². The van der Waals surface area contributed by atoms with E-state index >= 15 is 0 Å². The van der Waals surface area contributed by atoms with Crippen LogP contribution in [0.3, 0.4) is 0 Å². The summed E-state index contributed by atoms with van der Waals surface area (Å²) < 4.78 is 13.2. The molecule has 0 amide bonds. The van der Waals surface area contributed by atoms with Gasteiger partial charge in [-0.3, -0.25) is 0 Å². The molecule has 0 atom stereocenters. The van der Waals surface area contributed by atoms with E-state index in [1.807, 2.05) is 11.0 Å². The SMILES string of the molecule is CCCCNC(=S)N1CCc2ccc(F)cc21. The summed E-state index contributed by atoms with van der Waals surface area (Å²) in [7, 11) is 0. The topological polar surface area (TPSA) is 15.3 Å². The Morgan fingerprint density at radius 3 is 3.12 bits per heavy atom. The van der Waals surface area contributed by atoms with Crippen molar-refractivity contribution in [3.63, 3.8) is 0 Å². The largest absolute Gasteiger partial charge is 0.362 e. The average Bonchev–Trinajstić information content (AvgIpc) is 2.72. The van der Waals surface area contributed by atoms with E-state index < -0.39 is 0 Å². The summed E-state index contributed by atoms with van der Waals surface area (Å²) in [5, 5.41) is 3.93. The van der Waals surface area contributed by atoms with Gasteiger partial charge in [0.05, 0.1) is 0 Å². The van der Waals surface area contributed by atoms with Crippen LogP contribution in [0.5, 0.6) is 0 Å². The lowest BCUT2D eigenvalue weighted by Gasteiger charge is -2.21. The number of benzene rings is 1. The third-order valence-corrected chi connectivity index (χ3v) is 3.36. The third kappa shape index (κ3) is 2.75. The highest BCUT2D eigenvalue weighted by Crippen LogP contribution is 2.28. The molecule has 92 valence electrons. The molecule has 0 aromatic heterocycles. The summed E-state index contributed by atoms with van der Waals surface area (Å²) in [5.41, 5.74) is 2.09. The fourth-order valence-corrected chi connectivity index (χ4v) is 2.32. The number of nitrogens with one attached hydrogen (secondary N) is 1. The first-order valence-electron chi connectivity index (χ1n) is 6.06. The number of fused-ring (bicyclic) bond motifs is 1. The Bertz CT molecular complexity index is 420. The van der Waals surface area contributed by atoms with Crippen molar-refractivity contribution in [1.29, 1.82) is 0 Å². The van der Waals surface area contributed by atoms with Gasteiger partial charge >= 0.3 is 0 Å². The van der Waals surface area contributed by atoms with Crippen molar-refractivity contribution < 1.29 is 4.39 Å². The van der Waals surface area contributed by atoms with Gasteiger partial charge < -0.3 is 10.2 Å². The summed E-state index contributed by atoms with van der Waals surface area (Å²) in [5.74, 6) is -0.202. The van der Waals surface area contributed by atoms with Crippen LogP contribution in [0, 0.1) is 5.82 Å². The van der Waals surface area contributed by atoms with E-state index in [1.54, 1.807) is 6.07 Å². The molecule has 17 heavy (non-hydrogen) atoms. The quantitative estimate of drug-likeness (QED) is 0.658. The number of halogens is 1. The van der Waals surface area contributed by atoms with Gasteiger partial charge in [0.25, 0.3) is 0 Å². The van der Waals surface area contributed by atoms with E-state index in [1.165, 1.54) is 11.6 Å². The Morgan fingerprint density at radius 2 is 2.35 bits per heavy atom. The monoisotopic (exact) mass is 252 g/mol. The molecule has 2 nitrogen and oxygen atoms in total. The summed E-state index contributed by atoms with van der Waals surface area (Å²) in [6, 6.07) is 4.92. The number of nitrogens with zero attached hydrogens (tertiary/aromatic N) is 1. The van der Waals surface area contributed by atoms with Gasteiger partial charge in [-0.2, -0.15) is 0 Å². The molecule has 0 spiro atoms. The molecule has 1 aromatic rings. The maximum atomic E-state index is 13.2. The molecular weight excluding hydrogens is 235 g/mol. The molecule has 0 bridgehead atoms. The number of thiocarbonyl (C=S) groups is 1. The van der Waals surface area contributed by atoms with E-state index in [4.69, 9.17) is 12.2 Å². The number of anilines is 1.